The fourth-order valence-corrected chi connectivity index (χ4v) is 2.05. The molecule has 0 radical (unpaired) electrons. The Morgan fingerprint density at radius 3 is 3.11 bits per heavy atom. The van der Waals surface area contributed by atoms with E-state index in [1.165, 1.54) is 0 Å². The van der Waals surface area contributed by atoms with Crippen LogP contribution in [0.1, 0.15) is 11.3 Å². The first-order valence-corrected chi connectivity index (χ1v) is 5.73. The smallest absolute Gasteiger partial charge is 0.205 e. The predicted molar refractivity (Wildman–Crippen MR) is 71.9 cm³/mol. The number of fused-ring (bicyclic) bond motifs is 1. The standard InChI is InChI=1S/C13H13N5/c1-9-10(4-2-5-15-9)11-8-17-13(14)18-7-3-6-16-12(11)18/h2-5,7-8H,6H2,1H3,(H2,14,17). The molecule has 1 aromatic heterocycles. The first-order chi connectivity index (χ1) is 8.77. The third kappa shape index (κ3) is 1.60. The van der Waals surface area contributed by atoms with E-state index in [2.05, 4.69) is 15.0 Å². The highest BCUT2D eigenvalue weighted by molar-refractivity contribution is 6.29. The third-order valence-corrected chi connectivity index (χ3v) is 2.94. The Morgan fingerprint density at radius 2 is 2.28 bits per heavy atom. The summed E-state index contributed by atoms with van der Waals surface area (Å²) in [6, 6.07) is 3.93. The van der Waals surface area contributed by atoms with Crippen molar-refractivity contribution in [2.24, 2.45) is 15.7 Å². The van der Waals surface area contributed by atoms with E-state index in [4.69, 9.17) is 5.73 Å². The van der Waals surface area contributed by atoms with Crippen molar-refractivity contribution in [3.63, 3.8) is 0 Å². The molecule has 0 bridgehead atoms. The van der Waals surface area contributed by atoms with Crippen LogP contribution in [0, 0.1) is 6.92 Å². The van der Waals surface area contributed by atoms with Crippen molar-refractivity contribution in [1.82, 2.24) is 9.88 Å². The van der Waals surface area contributed by atoms with Gasteiger partial charge >= 0.3 is 0 Å². The lowest BCUT2D eigenvalue weighted by Gasteiger charge is -2.28. The molecule has 5 heteroatoms. The molecule has 2 aliphatic heterocycles. The number of pyridine rings is 1. The van der Waals surface area contributed by atoms with Gasteiger partial charge in [-0.3, -0.25) is 14.9 Å². The third-order valence-electron chi connectivity index (χ3n) is 2.94. The van der Waals surface area contributed by atoms with Gasteiger partial charge in [-0.15, -0.1) is 0 Å². The Morgan fingerprint density at radius 1 is 1.39 bits per heavy atom. The summed E-state index contributed by atoms with van der Waals surface area (Å²) in [5.74, 6) is 1.27. The molecule has 3 rings (SSSR count). The average Bonchev–Trinajstić information content (AvgIpc) is 2.41. The van der Waals surface area contributed by atoms with E-state index in [-0.39, 0.29) is 0 Å². The lowest BCUT2D eigenvalue weighted by atomic mass is 10.0. The first-order valence-electron chi connectivity index (χ1n) is 5.73. The Bertz CT molecular complexity index is 610. The van der Waals surface area contributed by atoms with Gasteiger partial charge in [0.1, 0.15) is 5.84 Å². The van der Waals surface area contributed by atoms with Crippen LogP contribution in [0.4, 0.5) is 0 Å². The van der Waals surface area contributed by atoms with E-state index in [0.717, 1.165) is 22.7 Å². The zero-order chi connectivity index (χ0) is 12.5. The van der Waals surface area contributed by atoms with Crippen molar-refractivity contribution in [2.45, 2.75) is 6.92 Å². The zero-order valence-corrected chi connectivity index (χ0v) is 10.0. The van der Waals surface area contributed by atoms with E-state index in [0.29, 0.717) is 12.5 Å². The topological polar surface area (TPSA) is 66.9 Å². The van der Waals surface area contributed by atoms with Gasteiger partial charge in [0, 0.05) is 35.4 Å². The number of hydrogen-bond acceptors (Lipinski definition) is 5. The minimum absolute atomic E-state index is 0.440. The minimum Gasteiger partial charge on any atom is -0.369 e. The van der Waals surface area contributed by atoms with Crippen LogP contribution in [0.15, 0.2) is 46.8 Å². The Balaban J connectivity index is 2.13. The first kappa shape index (κ1) is 10.7. The molecule has 0 unspecified atom stereocenters. The van der Waals surface area contributed by atoms with Gasteiger partial charge in [0.15, 0.2) is 0 Å². The highest BCUT2D eigenvalue weighted by Crippen LogP contribution is 2.24. The highest BCUT2D eigenvalue weighted by atomic mass is 15.3. The van der Waals surface area contributed by atoms with E-state index in [9.17, 15) is 0 Å². The van der Waals surface area contributed by atoms with Crippen LogP contribution in [-0.4, -0.2) is 28.2 Å². The molecule has 0 saturated heterocycles. The van der Waals surface area contributed by atoms with Gasteiger partial charge in [-0.05, 0) is 19.1 Å². The number of aromatic nitrogens is 1. The van der Waals surface area contributed by atoms with Crippen molar-refractivity contribution < 1.29 is 0 Å². The molecule has 90 valence electrons. The summed E-state index contributed by atoms with van der Waals surface area (Å²) in [5.41, 5.74) is 8.80. The molecule has 0 saturated carbocycles. The second kappa shape index (κ2) is 4.10. The van der Waals surface area contributed by atoms with Crippen molar-refractivity contribution in [1.29, 1.82) is 0 Å². The van der Waals surface area contributed by atoms with Crippen molar-refractivity contribution in [3.8, 4) is 0 Å². The average molecular weight is 239 g/mol. The normalized spacial score (nSPS) is 17.8. The van der Waals surface area contributed by atoms with Gasteiger partial charge in [0.2, 0.25) is 5.96 Å². The SMILES string of the molecule is Cc1ncccc1C1=CN=C(N)N2C=CCN=C12. The van der Waals surface area contributed by atoms with Gasteiger partial charge in [-0.2, -0.15) is 0 Å². The molecule has 0 amide bonds. The molecule has 0 aliphatic carbocycles. The maximum Gasteiger partial charge on any atom is 0.205 e. The maximum atomic E-state index is 5.85. The summed E-state index contributed by atoms with van der Waals surface area (Å²) >= 11 is 0. The lowest BCUT2D eigenvalue weighted by molar-refractivity contribution is 0.785. The van der Waals surface area contributed by atoms with Crippen molar-refractivity contribution in [2.75, 3.05) is 6.54 Å². The molecule has 5 nitrogen and oxygen atoms in total. The largest absolute Gasteiger partial charge is 0.369 e. The van der Waals surface area contributed by atoms with E-state index in [1.54, 1.807) is 17.3 Å². The number of hydrogen-bond donors (Lipinski definition) is 1. The van der Waals surface area contributed by atoms with Crippen LogP contribution in [-0.2, 0) is 0 Å². The Kier molecular flexibility index (Phi) is 2.44. The summed E-state index contributed by atoms with van der Waals surface area (Å²) in [6.45, 7) is 2.64. The van der Waals surface area contributed by atoms with Crippen LogP contribution < -0.4 is 5.73 Å². The highest BCUT2D eigenvalue weighted by Gasteiger charge is 2.24. The van der Waals surface area contributed by atoms with Crippen LogP contribution in [0.5, 0.6) is 0 Å². The molecule has 18 heavy (non-hydrogen) atoms. The summed E-state index contributed by atoms with van der Waals surface area (Å²) in [5, 5.41) is 0. The molecular formula is C13H13N5. The molecular weight excluding hydrogens is 226 g/mol. The van der Waals surface area contributed by atoms with Gasteiger partial charge < -0.3 is 5.73 Å². The van der Waals surface area contributed by atoms with Crippen molar-refractivity contribution >= 4 is 17.4 Å². The fraction of sp³-hybridized carbons (Fsp3) is 0.154. The summed E-state index contributed by atoms with van der Waals surface area (Å²) in [4.78, 5) is 14.8. The zero-order valence-electron chi connectivity index (χ0n) is 10.0. The van der Waals surface area contributed by atoms with Crippen LogP contribution >= 0.6 is 0 Å². The summed E-state index contributed by atoms with van der Waals surface area (Å²) in [6.07, 6.45) is 7.39. The molecule has 3 heterocycles. The maximum absolute atomic E-state index is 5.85. The second-order valence-corrected chi connectivity index (χ2v) is 4.09. The quantitative estimate of drug-likeness (QED) is 0.803. The van der Waals surface area contributed by atoms with Crippen LogP contribution in [0.3, 0.4) is 0 Å². The van der Waals surface area contributed by atoms with Gasteiger partial charge in [-0.25, -0.2) is 4.99 Å². The number of amidine groups is 1. The molecule has 0 atom stereocenters. The van der Waals surface area contributed by atoms with E-state index >= 15 is 0 Å². The molecule has 0 aromatic carbocycles. The Labute approximate surface area is 105 Å². The predicted octanol–water partition coefficient (Wildman–Crippen LogP) is 1.29. The van der Waals surface area contributed by atoms with Gasteiger partial charge in [-0.1, -0.05) is 6.07 Å². The van der Waals surface area contributed by atoms with Crippen LogP contribution in [0.25, 0.3) is 5.57 Å². The summed E-state index contributed by atoms with van der Waals surface area (Å²) in [7, 11) is 0. The lowest BCUT2D eigenvalue weighted by Crippen LogP contribution is -2.41. The van der Waals surface area contributed by atoms with Gasteiger partial charge in [0.25, 0.3) is 0 Å². The Hall–Kier alpha value is -2.43. The molecule has 0 spiro atoms. The van der Waals surface area contributed by atoms with E-state index < -0.39 is 0 Å². The molecule has 2 aliphatic rings. The molecule has 1 aromatic rings. The molecule has 0 fully saturated rings. The van der Waals surface area contributed by atoms with Crippen LogP contribution in [0.2, 0.25) is 0 Å². The monoisotopic (exact) mass is 239 g/mol. The number of nitrogens with zero attached hydrogens (tertiary/aromatic N) is 4. The molecule has 2 N–H and O–H groups in total. The van der Waals surface area contributed by atoms with E-state index in [1.807, 2.05) is 31.3 Å². The number of guanidine groups is 1. The summed E-state index contributed by atoms with van der Waals surface area (Å²) < 4.78 is 0. The van der Waals surface area contributed by atoms with Gasteiger partial charge in [0.05, 0.1) is 6.54 Å². The number of aryl methyl sites for hydroxylation is 1. The second-order valence-electron chi connectivity index (χ2n) is 4.09. The fourth-order valence-electron chi connectivity index (χ4n) is 2.05. The number of rotatable bonds is 1. The minimum atomic E-state index is 0.440. The number of nitrogens with two attached hydrogens (primary N) is 1. The number of aliphatic imine (C=N–C) groups is 2. The van der Waals surface area contributed by atoms with Crippen molar-refractivity contribution in [3.05, 3.63) is 48.1 Å².